The van der Waals surface area contributed by atoms with Gasteiger partial charge in [-0.25, -0.2) is 0 Å². The van der Waals surface area contributed by atoms with E-state index in [9.17, 15) is 19.2 Å². The van der Waals surface area contributed by atoms with E-state index in [1.807, 2.05) is 12.1 Å². The molecule has 0 N–H and O–H groups in total. The number of hydrogen-bond donors (Lipinski definition) is 0. The minimum absolute atomic E-state index is 0.0124. The molecule has 0 saturated carbocycles. The van der Waals surface area contributed by atoms with Gasteiger partial charge in [0.1, 0.15) is 0 Å². The maximum atomic E-state index is 13.3. The molecule has 8 heteroatoms. The van der Waals surface area contributed by atoms with Crippen molar-refractivity contribution in [1.82, 2.24) is 9.80 Å². The summed E-state index contributed by atoms with van der Waals surface area (Å²) >= 11 is -4.64. The zero-order valence-electron chi connectivity index (χ0n) is 22.4. The molecule has 204 valence electrons. The van der Waals surface area contributed by atoms with Gasteiger partial charge in [-0.05, 0) is 0 Å². The van der Waals surface area contributed by atoms with Crippen molar-refractivity contribution in [3.05, 3.63) is 85.0 Å². The van der Waals surface area contributed by atoms with Gasteiger partial charge in [0.05, 0.1) is 0 Å². The van der Waals surface area contributed by atoms with Gasteiger partial charge in [0, 0.05) is 0 Å². The van der Waals surface area contributed by atoms with Crippen LogP contribution in [-0.4, -0.2) is 78.3 Å². The molecule has 0 bridgehead atoms. The molecule has 0 aromatic heterocycles. The SMILES string of the molecule is C#CCN(CC#C)C(=O)/C=C/C(=O)[CH2][Sn]([O]C(=O)/C=C/C(=O)N(CC#C)CC#C)([c]1ccccc1)[c]1ccccc1. The Bertz CT molecular complexity index is 1320. The van der Waals surface area contributed by atoms with E-state index in [1.165, 1.54) is 9.80 Å². The van der Waals surface area contributed by atoms with Crippen LogP contribution in [0.15, 0.2) is 85.0 Å². The van der Waals surface area contributed by atoms with Gasteiger partial charge in [0.25, 0.3) is 0 Å². The summed E-state index contributed by atoms with van der Waals surface area (Å²) in [4.78, 5) is 54.1. The molecule has 2 rings (SSSR count). The van der Waals surface area contributed by atoms with Crippen LogP contribution < -0.4 is 7.16 Å². The number of carbonyl (C=O) groups excluding carboxylic acids is 4. The Morgan fingerprint density at radius 2 is 1.02 bits per heavy atom. The van der Waals surface area contributed by atoms with Gasteiger partial charge in [0.2, 0.25) is 0 Å². The first kappa shape index (κ1) is 32.3. The van der Waals surface area contributed by atoms with Crippen molar-refractivity contribution in [3.63, 3.8) is 0 Å². The summed E-state index contributed by atoms with van der Waals surface area (Å²) in [6.07, 6.45) is 25.5. The van der Waals surface area contributed by atoms with Crippen molar-refractivity contribution >= 4 is 49.5 Å². The molecule has 7 nitrogen and oxygen atoms in total. The topological polar surface area (TPSA) is 84.0 Å². The Morgan fingerprint density at radius 1 is 0.634 bits per heavy atom. The number of ketones is 1. The molecule has 0 aliphatic rings. The van der Waals surface area contributed by atoms with Crippen LogP contribution in [0, 0.1) is 49.4 Å². The van der Waals surface area contributed by atoms with E-state index in [0.717, 1.165) is 24.3 Å². The molecule has 0 aliphatic carbocycles. The monoisotopic (exact) mass is 652 g/mol. The summed E-state index contributed by atoms with van der Waals surface area (Å²) < 4.78 is 7.45. The second-order valence-electron chi connectivity index (χ2n) is 8.50. The van der Waals surface area contributed by atoms with Crippen LogP contribution in [0.3, 0.4) is 0 Å². The van der Waals surface area contributed by atoms with Crippen LogP contribution >= 0.6 is 0 Å². The van der Waals surface area contributed by atoms with Crippen molar-refractivity contribution in [1.29, 1.82) is 0 Å². The van der Waals surface area contributed by atoms with E-state index in [1.54, 1.807) is 48.5 Å². The van der Waals surface area contributed by atoms with Crippen LogP contribution in [0.2, 0.25) is 4.44 Å². The predicted molar refractivity (Wildman–Crippen MR) is 161 cm³/mol. The fourth-order valence-electron chi connectivity index (χ4n) is 3.83. The molecule has 2 aromatic rings. The van der Waals surface area contributed by atoms with Crippen LogP contribution in [0.1, 0.15) is 0 Å². The van der Waals surface area contributed by atoms with Gasteiger partial charge >= 0.3 is 247 Å². The molecule has 41 heavy (non-hydrogen) atoms. The van der Waals surface area contributed by atoms with Crippen molar-refractivity contribution in [2.24, 2.45) is 0 Å². The molecule has 0 fully saturated rings. The molecule has 0 saturated heterocycles. The minimum atomic E-state index is -4.64. The summed E-state index contributed by atoms with van der Waals surface area (Å²) in [5.41, 5.74) is 0. The fourth-order valence-corrected chi connectivity index (χ4v) is 13.9. The van der Waals surface area contributed by atoms with Crippen molar-refractivity contribution < 1.29 is 22.3 Å². The van der Waals surface area contributed by atoms with Crippen molar-refractivity contribution in [3.8, 4) is 49.4 Å². The van der Waals surface area contributed by atoms with E-state index in [2.05, 4.69) is 23.7 Å². The molecule has 2 aromatic carbocycles. The Hall–Kier alpha value is -4.96. The average Bonchev–Trinajstić information content (AvgIpc) is 2.99. The van der Waals surface area contributed by atoms with Gasteiger partial charge < -0.3 is 0 Å². The number of hydrogen-bond acceptors (Lipinski definition) is 5. The second kappa shape index (κ2) is 16.9. The molecular formula is C33H28N2O5Sn. The first-order valence-electron chi connectivity index (χ1n) is 12.4. The van der Waals surface area contributed by atoms with E-state index < -0.39 is 42.4 Å². The summed E-state index contributed by atoms with van der Waals surface area (Å²) in [6, 6.07) is 18.0. The normalized spacial score (nSPS) is 10.5. The van der Waals surface area contributed by atoms with Gasteiger partial charge in [-0.3, -0.25) is 0 Å². The number of nitrogens with zero attached hydrogens (tertiary/aromatic N) is 2. The Kier molecular flexibility index (Phi) is 13.3. The first-order valence-corrected chi connectivity index (χ1v) is 18.4. The van der Waals surface area contributed by atoms with Crippen LogP contribution in [-0.2, 0) is 22.3 Å². The number of terminal acetylenes is 4. The van der Waals surface area contributed by atoms with E-state index in [-0.39, 0.29) is 30.6 Å². The van der Waals surface area contributed by atoms with Gasteiger partial charge in [-0.15, -0.1) is 0 Å². The number of rotatable bonds is 13. The quantitative estimate of drug-likeness (QED) is 0.185. The van der Waals surface area contributed by atoms with Crippen molar-refractivity contribution in [2.75, 3.05) is 26.2 Å². The molecular weight excluding hydrogens is 623 g/mol. The zero-order valence-corrected chi connectivity index (χ0v) is 25.2. The van der Waals surface area contributed by atoms with Gasteiger partial charge in [-0.2, -0.15) is 0 Å². The molecule has 0 unspecified atom stereocenters. The Balaban J connectivity index is 2.48. The van der Waals surface area contributed by atoms with Crippen LogP contribution in [0.4, 0.5) is 0 Å². The summed E-state index contributed by atoms with van der Waals surface area (Å²) in [6.45, 7) is -0.0817. The van der Waals surface area contributed by atoms with Gasteiger partial charge in [-0.1, -0.05) is 0 Å². The number of benzene rings is 2. The summed E-state index contributed by atoms with van der Waals surface area (Å²) in [7, 11) is 0. The molecule has 0 radical (unpaired) electrons. The van der Waals surface area contributed by atoms with E-state index in [4.69, 9.17) is 28.8 Å². The number of allylic oxidation sites excluding steroid dienone is 1. The molecule has 0 atom stereocenters. The number of carbonyl (C=O) groups is 4. The zero-order chi connectivity index (χ0) is 30.1. The molecule has 0 spiro atoms. The Labute approximate surface area is 245 Å². The van der Waals surface area contributed by atoms with E-state index in [0.29, 0.717) is 7.16 Å². The molecule has 0 aliphatic heterocycles. The van der Waals surface area contributed by atoms with E-state index >= 15 is 0 Å². The van der Waals surface area contributed by atoms with Crippen LogP contribution in [0.5, 0.6) is 0 Å². The van der Waals surface area contributed by atoms with Crippen molar-refractivity contribution in [2.45, 2.75) is 4.44 Å². The predicted octanol–water partition coefficient (Wildman–Crippen LogP) is 1.16. The average molecular weight is 651 g/mol. The summed E-state index contributed by atoms with van der Waals surface area (Å²) in [5.74, 6) is 7.10. The summed E-state index contributed by atoms with van der Waals surface area (Å²) in [5, 5.41) is 0. The van der Waals surface area contributed by atoms with Gasteiger partial charge in [0.15, 0.2) is 0 Å². The third kappa shape index (κ3) is 9.62. The van der Waals surface area contributed by atoms with Crippen LogP contribution in [0.25, 0.3) is 0 Å². The third-order valence-corrected chi connectivity index (χ3v) is 16.9. The number of amides is 2. The maximum absolute atomic E-state index is 13.3. The third-order valence-electron chi connectivity index (χ3n) is 5.70. The second-order valence-corrected chi connectivity index (χ2v) is 18.1. The first-order chi connectivity index (χ1) is 19.8. The molecule has 0 heterocycles. The molecule has 2 amide bonds. The fraction of sp³-hybridized carbons (Fsp3) is 0.152. The standard InChI is InChI=1S/C11H10NO2.C10H9NO3.2C6H5.Sn/c1-4-8-12(9-5-2)11(14)7-6-10(3)13;1-3-7-11(8-4-2)9(12)5-6-10(13)14;2*1-2-4-6-5-3-1;/h1-2,6-7H,3,8-9H2;1-2,5-6H,7-8H2,(H,13,14);2*1-5H;/q;;;;+1/p-1/b7-6+;6-5+;;;. The Morgan fingerprint density at radius 3 is 1.41 bits per heavy atom.